The van der Waals surface area contributed by atoms with Crippen molar-refractivity contribution in [1.82, 2.24) is 14.8 Å². The van der Waals surface area contributed by atoms with Gasteiger partial charge in [0.1, 0.15) is 0 Å². The fourth-order valence-electron chi connectivity index (χ4n) is 1.33. The summed E-state index contributed by atoms with van der Waals surface area (Å²) in [6, 6.07) is 1.70. The highest BCUT2D eigenvalue weighted by molar-refractivity contribution is 9.10. The van der Waals surface area contributed by atoms with Crippen molar-refractivity contribution in [2.75, 3.05) is 6.61 Å². The lowest BCUT2D eigenvalue weighted by Gasteiger charge is -2.03. The number of aromatic nitrogens is 3. The normalized spacial score (nSPS) is 10.4. The van der Waals surface area contributed by atoms with Crippen LogP contribution in [0.4, 0.5) is 0 Å². The van der Waals surface area contributed by atoms with E-state index >= 15 is 0 Å². The number of ether oxygens (including phenoxy) is 1. The van der Waals surface area contributed by atoms with Gasteiger partial charge in [-0.3, -0.25) is 0 Å². The van der Waals surface area contributed by atoms with Crippen molar-refractivity contribution in [3.8, 4) is 5.82 Å². The number of hydrogen-bond acceptors (Lipinski definition) is 4. The maximum absolute atomic E-state index is 11.5. The van der Waals surface area contributed by atoms with Crippen molar-refractivity contribution in [2.24, 2.45) is 0 Å². The molecule has 0 fully saturated rings. The van der Waals surface area contributed by atoms with Crippen LogP contribution in [-0.2, 0) is 4.74 Å². The van der Waals surface area contributed by atoms with E-state index in [2.05, 4.69) is 26.0 Å². The van der Waals surface area contributed by atoms with E-state index in [9.17, 15) is 4.79 Å². The van der Waals surface area contributed by atoms with Gasteiger partial charge in [-0.2, -0.15) is 5.10 Å². The predicted octanol–water partition coefficient (Wildman–Crippen LogP) is 2.86. The molecule has 0 atom stereocenters. The molecule has 2 rings (SSSR count). The molecule has 0 saturated heterocycles. The molecule has 0 amide bonds. The van der Waals surface area contributed by atoms with Gasteiger partial charge in [0.15, 0.2) is 5.82 Å². The highest BCUT2D eigenvalue weighted by Gasteiger charge is 2.12. The zero-order chi connectivity index (χ0) is 13.1. The Morgan fingerprint density at radius 3 is 3.00 bits per heavy atom. The van der Waals surface area contributed by atoms with Gasteiger partial charge in [0.25, 0.3) is 0 Å². The molecule has 5 nitrogen and oxygen atoms in total. The van der Waals surface area contributed by atoms with Crippen molar-refractivity contribution in [3.05, 3.63) is 39.7 Å². The van der Waals surface area contributed by atoms with E-state index < -0.39 is 5.97 Å². The number of hydrogen-bond donors (Lipinski definition) is 0. The lowest BCUT2D eigenvalue weighted by Crippen LogP contribution is -2.03. The Bertz CT molecular complexity index is 585. The van der Waals surface area contributed by atoms with Crippen LogP contribution in [0.2, 0.25) is 5.02 Å². The number of rotatable bonds is 3. The van der Waals surface area contributed by atoms with Gasteiger partial charge in [-0.05, 0) is 28.9 Å². The van der Waals surface area contributed by atoms with Crippen molar-refractivity contribution >= 4 is 33.5 Å². The summed E-state index contributed by atoms with van der Waals surface area (Å²) in [7, 11) is 0. The maximum Gasteiger partial charge on any atom is 0.341 e. The Kier molecular flexibility index (Phi) is 3.98. The van der Waals surface area contributed by atoms with Gasteiger partial charge in [-0.15, -0.1) is 0 Å². The lowest BCUT2D eigenvalue weighted by atomic mass is 10.4. The summed E-state index contributed by atoms with van der Waals surface area (Å²) in [5.74, 6) is 0.142. The zero-order valence-electron chi connectivity index (χ0n) is 9.43. The average molecular weight is 331 g/mol. The summed E-state index contributed by atoms with van der Waals surface area (Å²) in [6.07, 6.45) is 4.49. The molecule has 0 bridgehead atoms. The summed E-state index contributed by atoms with van der Waals surface area (Å²) in [5, 5.41) is 4.58. The van der Waals surface area contributed by atoms with Crippen LogP contribution in [0.3, 0.4) is 0 Å². The van der Waals surface area contributed by atoms with Gasteiger partial charge < -0.3 is 4.74 Å². The van der Waals surface area contributed by atoms with Gasteiger partial charge in [-0.1, -0.05) is 11.6 Å². The van der Waals surface area contributed by atoms with Crippen molar-refractivity contribution in [3.63, 3.8) is 0 Å². The predicted molar refractivity (Wildman–Crippen MR) is 70.0 cm³/mol. The van der Waals surface area contributed by atoms with E-state index in [4.69, 9.17) is 16.3 Å². The van der Waals surface area contributed by atoms with Crippen molar-refractivity contribution in [1.29, 1.82) is 0 Å². The second kappa shape index (κ2) is 5.49. The third-order valence-electron chi connectivity index (χ3n) is 2.10. The minimum Gasteiger partial charge on any atom is -0.462 e. The van der Waals surface area contributed by atoms with Gasteiger partial charge in [-0.25, -0.2) is 14.5 Å². The monoisotopic (exact) mass is 329 g/mol. The van der Waals surface area contributed by atoms with Crippen LogP contribution in [0.25, 0.3) is 5.82 Å². The second-order valence-corrected chi connectivity index (χ2v) is 4.64. The molecular formula is C11H9BrClN3O2. The first-order valence-electron chi connectivity index (χ1n) is 5.15. The van der Waals surface area contributed by atoms with Crippen LogP contribution in [0.5, 0.6) is 0 Å². The molecule has 0 aliphatic heterocycles. The Balaban J connectivity index is 2.32. The van der Waals surface area contributed by atoms with Crippen LogP contribution in [0.1, 0.15) is 17.3 Å². The van der Waals surface area contributed by atoms with E-state index in [1.807, 2.05) is 0 Å². The zero-order valence-corrected chi connectivity index (χ0v) is 11.8. The molecule has 0 spiro atoms. The van der Waals surface area contributed by atoms with Crippen LogP contribution >= 0.6 is 27.5 Å². The van der Waals surface area contributed by atoms with Crippen LogP contribution in [0.15, 0.2) is 29.1 Å². The molecule has 2 aromatic rings. The number of nitrogens with zero attached hydrogens (tertiary/aromatic N) is 3. The molecule has 0 aliphatic carbocycles. The van der Waals surface area contributed by atoms with Gasteiger partial charge in [0.2, 0.25) is 0 Å². The Morgan fingerprint density at radius 1 is 1.56 bits per heavy atom. The highest BCUT2D eigenvalue weighted by Crippen LogP contribution is 2.22. The molecule has 0 unspecified atom stereocenters. The minimum atomic E-state index is -0.408. The number of halogens is 2. The topological polar surface area (TPSA) is 57.0 Å². The average Bonchev–Trinajstić information content (AvgIpc) is 2.78. The summed E-state index contributed by atoms with van der Waals surface area (Å²) in [4.78, 5) is 15.6. The Labute approximate surface area is 117 Å². The van der Waals surface area contributed by atoms with Crippen molar-refractivity contribution in [2.45, 2.75) is 6.92 Å². The van der Waals surface area contributed by atoms with Gasteiger partial charge in [0, 0.05) is 12.4 Å². The quantitative estimate of drug-likeness (QED) is 0.812. The first kappa shape index (κ1) is 13.0. The van der Waals surface area contributed by atoms with E-state index in [0.29, 0.717) is 27.5 Å². The molecule has 18 heavy (non-hydrogen) atoms. The summed E-state index contributed by atoms with van der Waals surface area (Å²) < 4.78 is 7.05. The molecule has 7 heteroatoms. The standard InChI is InChI=1S/C11H9BrClN3O2/c1-2-18-11(17)7-4-15-16(6-7)10-9(12)3-8(13)5-14-10/h3-6H,2H2,1H3. The molecule has 0 radical (unpaired) electrons. The molecule has 2 heterocycles. The van der Waals surface area contributed by atoms with Gasteiger partial charge >= 0.3 is 5.97 Å². The summed E-state index contributed by atoms with van der Waals surface area (Å²) in [6.45, 7) is 2.08. The second-order valence-electron chi connectivity index (χ2n) is 3.35. The maximum atomic E-state index is 11.5. The Morgan fingerprint density at radius 2 is 2.33 bits per heavy atom. The third-order valence-corrected chi connectivity index (χ3v) is 2.89. The van der Waals surface area contributed by atoms with E-state index in [-0.39, 0.29) is 0 Å². The van der Waals surface area contributed by atoms with E-state index in [1.165, 1.54) is 17.1 Å². The summed E-state index contributed by atoms with van der Waals surface area (Å²) >= 11 is 9.14. The van der Waals surface area contributed by atoms with Crippen LogP contribution in [0, 0.1) is 0 Å². The minimum absolute atomic E-state index is 0.326. The third kappa shape index (κ3) is 2.70. The molecule has 94 valence electrons. The fraction of sp³-hybridized carbons (Fsp3) is 0.182. The molecule has 0 aromatic carbocycles. The van der Waals surface area contributed by atoms with Gasteiger partial charge in [0.05, 0.1) is 27.9 Å². The van der Waals surface area contributed by atoms with E-state index in [1.54, 1.807) is 19.2 Å². The molecule has 0 saturated carbocycles. The lowest BCUT2D eigenvalue weighted by molar-refractivity contribution is 0.0526. The largest absolute Gasteiger partial charge is 0.462 e. The molecular weight excluding hydrogens is 321 g/mol. The highest BCUT2D eigenvalue weighted by atomic mass is 79.9. The molecule has 2 aromatic heterocycles. The van der Waals surface area contributed by atoms with Crippen molar-refractivity contribution < 1.29 is 9.53 Å². The number of carbonyl (C=O) groups excluding carboxylic acids is 1. The SMILES string of the molecule is CCOC(=O)c1cnn(-c2ncc(Cl)cc2Br)c1. The van der Waals surface area contributed by atoms with E-state index in [0.717, 1.165) is 0 Å². The number of esters is 1. The molecule has 0 N–H and O–H groups in total. The van der Waals surface area contributed by atoms with Crippen LogP contribution in [-0.4, -0.2) is 27.3 Å². The molecule has 0 aliphatic rings. The first-order chi connectivity index (χ1) is 8.61. The number of carbonyl (C=O) groups is 1. The fourth-order valence-corrected chi connectivity index (χ4v) is 2.15. The number of pyridine rings is 1. The first-order valence-corrected chi connectivity index (χ1v) is 6.32. The van der Waals surface area contributed by atoms with Crippen LogP contribution < -0.4 is 0 Å². The Hall–Kier alpha value is -1.40. The summed E-state index contributed by atoms with van der Waals surface area (Å²) in [5.41, 5.74) is 0.375. The smallest absolute Gasteiger partial charge is 0.341 e.